The van der Waals surface area contributed by atoms with Crippen LogP contribution < -0.4 is 9.47 Å². The van der Waals surface area contributed by atoms with Crippen LogP contribution in [0.3, 0.4) is 0 Å². The lowest BCUT2D eigenvalue weighted by molar-refractivity contribution is -0.132. The van der Waals surface area contributed by atoms with Crippen LogP contribution in [-0.4, -0.2) is 25.3 Å². The molecule has 0 aliphatic heterocycles. The van der Waals surface area contributed by atoms with Gasteiger partial charge in [-0.25, -0.2) is 4.79 Å². The molecule has 0 saturated carbocycles. The third-order valence-corrected chi connectivity index (χ3v) is 2.15. The Morgan fingerprint density at radius 2 is 2.00 bits per heavy atom. The van der Waals surface area contributed by atoms with Crippen LogP contribution in [0.4, 0.5) is 0 Å². The van der Waals surface area contributed by atoms with Crippen LogP contribution >= 0.6 is 0 Å². The second-order valence-corrected chi connectivity index (χ2v) is 3.24. The number of methoxy groups -OCH3 is 2. The Balaban J connectivity index is 3.14. The van der Waals surface area contributed by atoms with Gasteiger partial charge in [-0.1, -0.05) is 0 Å². The molecule has 1 aromatic carbocycles. The third kappa shape index (κ3) is 2.76. The van der Waals surface area contributed by atoms with Crippen molar-refractivity contribution in [3.8, 4) is 11.5 Å². The normalized spacial score (nSPS) is 11.1. The van der Waals surface area contributed by atoms with Crippen molar-refractivity contribution < 1.29 is 19.4 Å². The highest BCUT2D eigenvalue weighted by atomic mass is 16.5. The van der Waals surface area contributed by atoms with Crippen molar-refractivity contribution in [1.29, 1.82) is 0 Å². The number of rotatable bonds is 4. The molecular formula is C12H14O4. The Bertz CT molecular complexity index is 421. The van der Waals surface area contributed by atoms with Crippen molar-refractivity contribution >= 4 is 12.0 Å². The molecule has 0 fully saturated rings. The van der Waals surface area contributed by atoms with Crippen LogP contribution in [0.15, 0.2) is 23.8 Å². The van der Waals surface area contributed by atoms with E-state index < -0.39 is 5.97 Å². The maximum Gasteiger partial charge on any atom is 0.331 e. The fourth-order valence-electron chi connectivity index (χ4n) is 1.23. The van der Waals surface area contributed by atoms with Gasteiger partial charge in [0.05, 0.1) is 14.2 Å². The molecule has 0 atom stereocenters. The summed E-state index contributed by atoms with van der Waals surface area (Å²) in [6.07, 6.45) is 1.56. The van der Waals surface area contributed by atoms with Gasteiger partial charge in [-0.15, -0.1) is 0 Å². The van der Waals surface area contributed by atoms with Gasteiger partial charge in [0.2, 0.25) is 0 Å². The van der Waals surface area contributed by atoms with Crippen molar-refractivity contribution in [3.63, 3.8) is 0 Å². The zero-order chi connectivity index (χ0) is 12.1. The van der Waals surface area contributed by atoms with Crippen LogP contribution in [0, 0.1) is 0 Å². The SMILES string of the molecule is COc1ccc(C=C(C)C(=O)O)c(OC)c1. The summed E-state index contributed by atoms with van der Waals surface area (Å²) < 4.78 is 10.2. The molecule has 0 heterocycles. The summed E-state index contributed by atoms with van der Waals surface area (Å²) in [5.41, 5.74) is 0.965. The molecule has 0 radical (unpaired) electrons. The number of carboxylic acids is 1. The predicted octanol–water partition coefficient (Wildman–Crippen LogP) is 2.19. The minimum absolute atomic E-state index is 0.253. The van der Waals surface area contributed by atoms with E-state index in [2.05, 4.69) is 0 Å². The lowest BCUT2D eigenvalue weighted by Gasteiger charge is -2.07. The lowest BCUT2D eigenvalue weighted by Crippen LogP contribution is -1.96. The summed E-state index contributed by atoms with van der Waals surface area (Å²) in [6, 6.07) is 5.22. The maximum absolute atomic E-state index is 10.7. The van der Waals surface area contributed by atoms with Crippen molar-refractivity contribution in [1.82, 2.24) is 0 Å². The Hall–Kier alpha value is -1.97. The summed E-state index contributed by atoms with van der Waals surface area (Å²) in [7, 11) is 3.09. The molecule has 16 heavy (non-hydrogen) atoms. The van der Waals surface area contributed by atoms with Gasteiger partial charge in [0.15, 0.2) is 0 Å². The van der Waals surface area contributed by atoms with Gasteiger partial charge < -0.3 is 14.6 Å². The van der Waals surface area contributed by atoms with Gasteiger partial charge >= 0.3 is 5.97 Å². The summed E-state index contributed by atoms with van der Waals surface area (Å²) in [4.78, 5) is 10.7. The van der Waals surface area contributed by atoms with E-state index in [0.29, 0.717) is 17.1 Å². The molecular weight excluding hydrogens is 208 g/mol. The largest absolute Gasteiger partial charge is 0.497 e. The van der Waals surface area contributed by atoms with E-state index in [1.165, 1.54) is 14.0 Å². The third-order valence-electron chi connectivity index (χ3n) is 2.15. The topological polar surface area (TPSA) is 55.8 Å². The zero-order valence-corrected chi connectivity index (χ0v) is 9.48. The van der Waals surface area contributed by atoms with Crippen molar-refractivity contribution in [2.45, 2.75) is 6.92 Å². The van der Waals surface area contributed by atoms with Crippen LogP contribution in [0.1, 0.15) is 12.5 Å². The van der Waals surface area contributed by atoms with Crippen molar-refractivity contribution in [2.24, 2.45) is 0 Å². The van der Waals surface area contributed by atoms with Crippen LogP contribution in [0.25, 0.3) is 6.08 Å². The molecule has 0 aromatic heterocycles. The number of benzene rings is 1. The van der Waals surface area contributed by atoms with Crippen LogP contribution in [-0.2, 0) is 4.79 Å². The first-order chi connectivity index (χ1) is 7.58. The minimum atomic E-state index is -0.946. The number of ether oxygens (including phenoxy) is 2. The van der Waals surface area contributed by atoms with E-state index in [0.717, 1.165) is 0 Å². The van der Waals surface area contributed by atoms with Gasteiger partial charge in [-0.2, -0.15) is 0 Å². The molecule has 0 saturated heterocycles. The van der Waals surface area contributed by atoms with E-state index in [-0.39, 0.29) is 5.57 Å². The number of aliphatic carboxylic acids is 1. The molecule has 1 aromatic rings. The maximum atomic E-state index is 10.7. The highest BCUT2D eigenvalue weighted by Gasteiger charge is 2.05. The van der Waals surface area contributed by atoms with Gasteiger partial charge in [0.25, 0.3) is 0 Å². The Morgan fingerprint density at radius 1 is 1.31 bits per heavy atom. The first-order valence-corrected chi connectivity index (χ1v) is 4.72. The molecule has 1 N–H and O–H groups in total. The second kappa shape index (κ2) is 5.21. The average Bonchev–Trinajstić information content (AvgIpc) is 2.29. The van der Waals surface area contributed by atoms with E-state index in [1.807, 2.05) is 0 Å². The average molecular weight is 222 g/mol. The molecule has 0 amide bonds. The zero-order valence-electron chi connectivity index (χ0n) is 9.48. The van der Waals surface area contributed by atoms with Gasteiger partial charge in [0, 0.05) is 17.2 Å². The van der Waals surface area contributed by atoms with Gasteiger partial charge in [0.1, 0.15) is 11.5 Å². The monoisotopic (exact) mass is 222 g/mol. The lowest BCUT2D eigenvalue weighted by atomic mass is 10.1. The molecule has 86 valence electrons. The van der Waals surface area contributed by atoms with E-state index in [1.54, 1.807) is 31.4 Å². The quantitative estimate of drug-likeness (QED) is 0.793. The molecule has 0 aliphatic carbocycles. The highest BCUT2D eigenvalue weighted by molar-refractivity contribution is 5.91. The number of hydrogen-bond donors (Lipinski definition) is 1. The molecule has 0 spiro atoms. The van der Waals surface area contributed by atoms with E-state index >= 15 is 0 Å². The van der Waals surface area contributed by atoms with Crippen molar-refractivity contribution in [2.75, 3.05) is 14.2 Å². The Labute approximate surface area is 94.1 Å². The molecule has 1 rings (SSSR count). The molecule has 0 bridgehead atoms. The molecule has 0 unspecified atom stereocenters. The fraction of sp³-hybridized carbons (Fsp3) is 0.250. The number of carbonyl (C=O) groups is 1. The highest BCUT2D eigenvalue weighted by Crippen LogP contribution is 2.26. The summed E-state index contributed by atoms with van der Waals surface area (Å²) >= 11 is 0. The first-order valence-electron chi connectivity index (χ1n) is 4.72. The van der Waals surface area contributed by atoms with E-state index in [9.17, 15) is 4.79 Å². The Kier molecular flexibility index (Phi) is 3.94. The summed E-state index contributed by atoms with van der Waals surface area (Å²) in [5.74, 6) is 0.305. The molecule has 0 aliphatic rings. The first kappa shape index (κ1) is 12.1. The predicted molar refractivity (Wildman–Crippen MR) is 60.8 cm³/mol. The second-order valence-electron chi connectivity index (χ2n) is 3.24. The minimum Gasteiger partial charge on any atom is -0.497 e. The molecule has 4 nitrogen and oxygen atoms in total. The van der Waals surface area contributed by atoms with Crippen LogP contribution in [0.5, 0.6) is 11.5 Å². The van der Waals surface area contributed by atoms with Crippen LogP contribution in [0.2, 0.25) is 0 Å². The Morgan fingerprint density at radius 3 is 2.50 bits per heavy atom. The van der Waals surface area contributed by atoms with Gasteiger partial charge in [-0.05, 0) is 25.1 Å². The summed E-state index contributed by atoms with van der Waals surface area (Å²) in [5, 5.41) is 8.77. The van der Waals surface area contributed by atoms with Crippen molar-refractivity contribution in [3.05, 3.63) is 29.3 Å². The standard InChI is InChI=1S/C12H14O4/c1-8(12(13)14)6-9-4-5-10(15-2)7-11(9)16-3/h4-7H,1-3H3,(H,13,14). The van der Waals surface area contributed by atoms with Gasteiger partial charge in [-0.3, -0.25) is 0 Å². The number of carboxylic acid groups (broad SMARTS) is 1. The number of hydrogen-bond acceptors (Lipinski definition) is 3. The summed E-state index contributed by atoms with van der Waals surface area (Å²) in [6.45, 7) is 1.53. The smallest absolute Gasteiger partial charge is 0.331 e. The fourth-order valence-corrected chi connectivity index (χ4v) is 1.23. The van der Waals surface area contributed by atoms with E-state index in [4.69, 9.17) is 14.6 Å². The molecule has 4 heteroatoms.